The molecule has 1 aliphatic heterocycles. The van der Waals surface area contributed by atoms with Gasteiger partial charge in [0.1, 0.15) is 12.1 Å². The van der Waals surface area contributed by atoms with Crippen LogP contribution in [-0.4, -0.2) is 142 Å². The van der Waals surface area contributed by atoms with Crippen LogP contribution < -0.4 is 16.4 Å². The van der Waals surface area contributed by atoms with Crippen LogP contribution in [0.4, 0.5) is 0 Å². The molecule has 352 valence electrons. The van der Waals surface area contributed by atoms with Crippen LogP contribution in [0.5, 0.6) is 0 Å². The quantitative estimate of drug-likeness (QED) is 0.0413. The number of phosphoric ester groups is 1. The number of hydrogen-bond acceptors (Lipinski definition) is 13. The fourth-order valence-corrected chi connectivity index (χ4v) is 7.87. The minimum Gasteiger partial charge on any atom is -0.394 e. The molecule has 1 aliphatic rings. The molecule has 0 saturated carbocycles. The number of aliphatic hydroxyl groups excluding tert-OH is 1. The molecule has 1 aromatic heterocycles. The Morgan fingerprint density at radius 3 is 2.30 bits per heavy atom. The van der Waals surface area contributed by atoms with Crippen LogP contribution in [0, 0.1) is 17.8 Å². The smallest absolute Gasteiger partial charge is 0.394 e. The first-order valence-corrected chi connectivity index (χ1v) is 22.7. The molecule has 1 saturated heterocycles. The van der Waals surface area contributed by atoms with Crippen molar-refractivity contribution in [2.45, 2.75) is 109 Å². The Labute approximate surface area is 368 Å². The van der Waals surface area contributed by atoms with Crippen molar-refractivity contribution in [2.75, 3.05) is 46.7 Å². The molecule has 1 aromatic carbocycles. The maximum atomic E-state index is 14.2. The predicted molar refractivity (Wildman–Crippen MR) is 227 cm³/mol. The molecule has 0 aliphatic carbocycles. The van der Waals surface area contributed by atoms with Gasteiger partial charge in [0, 0.05) is 57.8 Å². The van der Waals surface area contributed by atoms with Crippen LogP contribution in [-0.2, 0) is 64.9 Å². The molecule has 0 unspecified atom stereocenters. The molecule has 20 nitrogen and oxygen atoms in total. The number of imidazole rings is 1. The molecule has 3 rings (SSSR count). The predicted octanol–water partition coefficient (Wildman–Crippen LogP) is 1.16. The van der Waals surface area contributed by atoms with Crippen molar-refractivity contribution in [1.29, 1.82) is 0 Å². The molecule has 0 spiro atoms. The lowest BCUT2D eigenvalue weighted by molar-refractivity contribution is -0.140. The molecule has 63 heavy (non-hydrogen) atoms. The van der Waals surface area contributed by atoms with E-state index in [4.69, 9.17) is 19.9 Å². The fraction of sp³-hybridized carbons (Fsp3) is 0.643. The highest BCUT2D eigenvalue weighted by atomic mass is 31.2. The number of ether oxygens (including phenoxy) is 3. The van der Waals surface area contributed by atoms with Crippen molar-refractivity contribution in [3.05, 3.63) is 54.1 Å². The van der Waals surface area contributed by atoms with E-state index in [1.54, 1.807) is 0 Å². The number of aliphatic hydroxyl groups is 1. The molecule has 0 radical (unpaired) electrons. The monoisotopic (exact) mass is 908 g/mol. The number of Topliss-reactive ketones (excluding diaryl/α,β-unsaturated/α-hetero) is 2. The normalized spacial score (nSPS) is 17.7. The summed E-state index contributed by atoms with van der Waals surface area (Å²) in [6.07, 6.45) is 2.63. The number of carbonyl (C=O) groups is 6. The van der Waals surface area contributed by atoms with Gasteiger partial charge in [0.15, 0.2) is 11.6 Å². The standard InChI is InChI=1S/C42H65N6O14P/c1-27(2)18-34(46-42(55)36-21-32(24-48(36)39(52)13-15-60-17-16-59-4)61-14-9-8-12-29-10-6-5-7-11-29)37(50)20-30(19-31-23-44-26-45-31)41(54)47-35(25-49)38(51)22-33(40(43)53)28(3)62-63(56,57)58/h5-7,10-11,23,26-28,30,32-36,49H,8-9,12-22,24-25H2,1-4H3,(H2,43,53)(H,44,45)(H,46,55)(H,47,54)(H2,56,57,58)/t28-,30-,32-,33+,34+,35+,36+/m1/s1. The number of aromatic nitrogens is 2. The van der Waals surface area contributed by atoms with Gasteiger partial charge in [-0.15, -0.1) is 0 Å². The number of nitrogens with two attached hydrogens (primary N) is 1. The minimum absolute atomic E-state index is 0.0107. The molecule has 2 heterocycles. The number of carbonyl (C=O) groups excluding carboxylic acids is 6. The number of likely N-dealkylation sites (tertiary alicyclic amines) is 1. The van der Waals surface area contributed by atoms with E-state index in [2.05, 4.69) is 37.3 Å². The summed E-state index contributed by atoms with van der Waals surface area (Å²) in [6, 6.07) is 6.45. The van der Waals surface area contributed by atoms with Gasteiger partial charge in [0.05, 0.1) is 69.3 Å². The Bertz CT molecular complexity index is 1800. The number of unbranched alkanes of at least 4 members (excludes halogenated alkanes) is 1. The minimum atomic E-state index is -5.07. The summed E-state index contributed by atoms with van der Waals surface area (Å²) in [5.41, 5.74) is 7.08. The summed E-state index contributed by atoms with van der Waals surface area (Å²) < 4.78 is 32.6. The number of hydrogen-bond donors (Lipinski definition) is 7. The number of aryl methyl sites for hydroxylation is 1. The number of benzene rings is 1. The topological polar surface area (TPSA) is 299 Å². The van der Waals surface area contributed by atoms with E-state index >= 15 is 0 Å². The highest BCUT2D eigenvalue weighted by Crippen LogP contribution is 2.39. The summed E-state index contributed by atoms with van der Waals surface area (Å²) in [7, 11) is -3.53. The van der Waals surface area contributed by atoms with E-state index in [1.165, 1.54) is 30.1 Å². The molecule has 4 amide bonds. The number of aromatic amines is 1. The van der Waals surface area contributed by atoms with Gasteiger partial charge >= 0.3 is 7.82 Å². The molecule has 7 atom stereocenters. The van der Waals surface area contributed by atoms with Gasteiger partial charge in [0.2, 0.25) is 23.6 Å². The van der Waals surface area contributed by atoms with Gasteiger partial charge in [-0.3, -0.25) is 33.3 Å². The average molecular weight is 909 g/mol. The first-order valence-electron chi connectivity index (χ1n) is 21.2. The molecular weight excluding hydrogens is 843 g/mol. The van der Waals surface area contributed by atoms with E-state index in [9.17, 15) is 48.2 Å². The van der Waals surface area contributed by atoms with Crippen LogP contribution in [0.3, 0.4) is 0 Å². The third-order valence-corrected chi connectivity index (χ3v) is 11.2. The Morgan fingerprint density at radius 1 is 0.968 bits per heavy atom. The largest absolute Gasteiger partial charge is 0.469 e. The van der Waals surface area contributed by atoms with Gasteiger partial charge < -0.3 is 55.4 Å². The number of nitrogens with zero attached hydrogens (tertiary/aromatic N) is 2. The Balaban J connectivity index is 1.76. The van der Waals surface area contributed by atoms with Gasteiger partial charge in [-0.25, -0.2) is 9.55 Å². The zero-order chi connectivity index (χ0) is 46.5. The van der Waals surface area contributed by atoms with E-state index < -0.39 is 98.7 Å². The van der Waals surface area contributed by atoms with Crippen molar-refractivity contribution in [3.63, 3.8) is 0 Å². The number of phosphoric acid groups is 1. The third kappa shape index (κ3) is 19.1. The lowest BCUT2D eigenvalue weighted by atomic mass is 9.89. The highest BCUT2D eigenvalue weighted by Gasteiger charge is 2.42. The van der Waals surface area contributed by atoms with Gasteiger partial charge in [0.25, 0.3) is 0 Å². The van der Waals surface area contributed by atoms with E-state index in [0.717, 1.165) is 26.2 Å². The average Bonchev–Trinajstić information content (AvgIpc) is 3.91. The van der Waals surface area contributed by atoms with Crippen molar-refractivity contribution >= 4 is 43.0 Å². The van der Waals surface area contributed by atoms with Gasteiger partial charge in [-0.1, -0.05) is 44.2 Å². The van der Waals surface area contributed by atoms with E-state index in [0.29, 0.717) is 25.5 Å². The Morgan fingerprint density at radius 2 is 1.68 bits per heavy atom. The number of nitrogens with one attached hydrogen (secondary N) is 3. The third-order valence-electron chi connectivity index (χ3n) is 10.6. The van der Waals surface area contributed by atoms with Gasteiger partial charge in [-0.05, 0) is 44.1 Å². The number of H-pyrrole nitrogens is 1. The lowest BCUT2D eigenvalue weighted by Crippen LogP contribution is -2.52. The SMILES string of the molecule is COCCOCCC(=O)N1C[C@H](OCCCCc2ccccc2)C[C@H]1C(=O)N[C@@H](CC(C)C)C(=O)C[C@@H](Cc1cnc[nH]1)C(=O)N[C@@H](CO)C(=O)C[C@H](C(N)=O)[C@@H](C)OP(=O)(O)O. The van der Waals surface area contributed by atoms with Crippen LogP contribution in [0.25, 0.3) is 0 Å². The van der Waals surface area contributed by atoms with Crippen LogP contribution in [0.15, 0.2) is 42.9 Å². The molecule has 1 fully saturated rings. The second kappa shape index (κ2) is 27.0. The zero-order valence-corrected chi connectivity index (χ0v) is 37.4. The molecule has 8 N–H and O–H groups in total. The summed E-state index contributed by atoms with van der Waals surface area (Å²) in [5.74, 6) is -6.97. The maximum Gasteiger partial charge on any atom is 0.469 e. The first-order chi connectivity index (χ1) is 29.9. The lowest BCUT2D eigenvalue weighted by Gasteiger charge is -2.28. The molecule has 0 bridgehead atoms. The summed E-state index contributed by atoms with van der Waals surface area (Å²) in [6.45, 7) is 5.31. The molecule has 2 aromatic rings. The fourth-order valence-electron chi connectivity index (χ4n) is 7.29. The molecule has 21 heteroatoms. The Kier molecular flexibility index (Phi) is 22.7. The number of primary amides is 1. The second-order valence-electron chi connectivity index (χ2n) is 16.2. The first kappa shape index (κ1) is 52.9. The van der Waals surface area contributed by atoms with Crippen molar-refractivity contribution in [2.24, 2.45) is 23.5 Å². The summed E-state index contributed by atoms with van der Waals surface area (Å²) in [5, 5.41) is 15.4. The van der Waals surface area contributed by atoms with Gasteiger partial charge in [-0.2, -0.15) is 0 Å². The Hall–Kier alpha value is -4.40. The van der Waals surface area contributed by atoms with Crippen molar-refractivity contribution in [3.8, 4) is 0 Å². The maximum absolute atomic E-state index is 14.2. The number of ketones is 2. The number of amides is 4. The van der Waals surface area contributed by atoms with E-state index in [-0.39, 0.29) is 50.7 Å². The summed E-state index contributed by atoms with van der Waals surface area (Å²) in [4.78, 5) is 108. The van der Waals surface area contributed by atoms with Crippen LogP contribution in [0.1, 0.15) is 77.0 Å². The van der Waals surface area contributed by atoms with Crippen molar-refractivity contribution < 1.29 is 67.0 Å². The van der Waals surface area contributed by atoms with Crippen LogP contribution >= 0.6 is 7.82 Å². The summed E-state index contributed by atoms with van der Waals surface area (Å²) >= 11 is 0. The van der Waals surface area contributed by atoms with E-state index in [1.807, 2.05) is 32.0 Å². The molecular formula is C42H65N6O14P. The number of methoxy groups -OCH3 is 1. The second-order valence-corrected chi connectivity index (χ2v) is 17.3. The number of rotatable bonds is 31. The zero-order valence-electron chi connectivity index (χ0n) is 36.5. The van der Waals surface area contributed by atoms with Crippen molar-refractivity contribution in [1.82, 2.24) is 25.5 Å². The van der Waals surface area contributed by atoms with Crippen LogP contribution in [0.2, 0.25) is 0 Å². The highest BCUT2D eigenvalue weighted by molar-refractivity contribution is 7.46.